The van der Waals surface area contributed by atoms with Crippen LogP contribution in [0, 0.1) is 0 Å². The van der Waals surface area contributed by atoms with Crippen molar-refractivity contribution in [2.24, 2.45) is 0 Å². The van der Waals surface area contributed by atoms with Crippen LogP contribution < -0.4 is 10.0 Å². The van der Waals surface area contributed by atoms with Crippen molar-refractivity contribution in [1.29, 1.82) is 0 Å². The second kappa shape index (κ2) is 8.16. The minimum atomic E-state index is -3.50. The van der Waals surface area contributed by atoms with Crippen LogP contribution in [-0.2, 0) is 10.0 Å². The van der Waals surface area contributed by atoms with Crippen LogP contribution >= 0.6 is 0 Å². The predicted molar refractivity (Wildman–Crippen MR) is 107 cm³/mol. The van der Waals surface area contributed by atoms with Gasteiger partial charge in [-0.05, 0) is 47.5 Å². The summed E-state index contributed by atoms with van der Waals surface area (Å²) in [6, 6.07) is 23.3. The Labute approximate surface area is 159 Å². The molecule has 0 radical (unpaired) electrons. The maximum Gasteiger partial charge on any atom is 0.255 e. The molecule has 1 amide bonds. The zero-order valence-electron chi connectivity index (χ0n) is 14.8. The molecule has 0 spiro atoms. The van der Waals surface area contributed by atoms with Crippen LogP contribution in [0.4, 0.5) is 5.69 Å². The van der Waals surface area contributed by atoms with Gasteiger partial charge in [0.15, 0.2) is 0 Å². The number of sulfonamides is 1. The summed E-state index contributed by atoms with van der Waals surface area (Å²) in [5, 5.41) is 2.77. The van der Waals surface area contributed by atoms with Gasteiger partial charge in [0.1, 0.15) is 0 Å². The van der Waals surface area contributed by atoms with Crippen molar-refractivity contribution in [3.63, 3.8) is 0 Å². The van der Waals surface area contributed by atoms with Crippen molar-refractivity contribution in [2.45, 2.75) is 11.8 Å². The van der Waals surface area contributed by atoms with E-state index in [9.17, 15) is 13.2 Å². The van der Waals surface area contributed by atoms with E-state index < -0.39 is 10.0 Å². The number of carbonyl (C=O) groups excluding carboxylic acids is 1. The Balaban J connectivity index is 1.70. The lowest BCUT2D eigenvalue weighted by Gasteiger charge is -2.08. The summed E-state index contributed by atoms with van der Waals surface area (Å²) in [6.07, 6.45) is 0. The monoisotopic (exact) mass is 380 g/mol. The van der Waals surface area contributed by atoms with Crippen LogP contribution in [-0.4, -0.2) is 20.9 Å². The molecular formula is C21H20N2O3S. The molecule has 0 unspecified atom stereocenters. The highest BCUT2D eigenvalue weighted by atomic mass is 32.2. The average Bonchev–Trinajstić information content (AvgIpc) is 2.69. The molecule has 0 aliphatic carbocycles. The van der Waals surface area contributed by atoms with Crippen LogP contribution in [0.2, 0.25) is 0 Å². The third-order valence-electron chi connectivity index (χ3n) is 4.01. The van der Waals surface area contributed by atoms with Gasteiger partial charge in [-0.1, -0.05) is 49.4 Å². The first-order chi connectivity index (χ1) is 13.0. The molecule has 0 aliphatic rings. The summed E-state index contributed by atoms with van der Waals surface area (Å²) in [7, 11) is -3.50. The highest BCUT2D eigenvalue weighted by Gasteiger charge is 2.13. The predicted octanol–water partition coefficient (Wildman–Crippen LogP) is 3.90. The van der Waals surface area contributed by atoms with E-state index in [0.29, 0.717) is 17.8 Å². The fourth-order valence-electron chi connectivity index (χ4n) is 2.64. The second-order valence-electron chi connectivity index (χ2n) is 5.92. The minimum Gasteiger partial charge on any atom is -0.322 e. The molecule has 3 aromatic rings. The summed E-state index contributed by atoms with van der Waals surface area (Å²) in [4.78, 5) is 12.6. The van der Waals surface area contributed by atoms with Crippen LogP contribution in [0.5, 0.6) is 0 Å². The van der Waals surface area contributed by atoms with Crippen LogP contribution in [0.3, 0.4) is 0 Å². The van der Waals surface area contributed by atoms with E-state index in [-0.39, 0.29) is 10.8 Å². The molecule has 0 atom stereocenters. The molecule has 0 fully saturated rings. The number of hydrogen-bond donors (Lipinski definition) is 2. The fraction of sp³-hybridized carbons (Fsp3) is 0.0952. The van der Waals surface area contributed by atoms with Gasteiger partial charge in [0.25, 0.3) is 5.91 Å². The van der Waals surface area contributed by atoms with E-state index >= 15 is 0 Å². The van der Waals surface area contributed by atoms with Crippen molar-refractivity contribution in [3.8, 4) is 11.1 Å². The van der Waals surface area contributed by atoms with E-state index in [1.165, 1.54) is 12.1 Å². The number of carbonyl (C=O) groups is 1. The lowest BCUT2D eigenvalue weighted by Crippen LogP contribution is -2.23. The number of rotatable bonds is 6. The van der Waals surface area contributed by atoms with Gasteiger partial charge >= 0.3 is 0 Å². The van der Waals surface area contributed by atoms with Crippen LogP contribution in [0.25, 0.3) is 11.1 Å². The second-order valence-corrected chi connectivity index (χ2v) is 7.69. The highest BCUT2D eigenvalue weighted by molar-refractivity contribution is 7.89. The van der Waals surface area contributed by atoms with Gasteiger partial charge in [0, 0.05) is 17.8 Å². The standard InChI is InChI=1S/C21H20N2O3S/c1-2-22-27(25,26)20-14-12-19(13-15-20)23-21(24)18-10-8-17(9-11-18)16-6-4-3-5-7-16/h3-15,22H,2H2,1H3,(H,23,24). The molecule has 0 saturated carbocycles. The quantitative estimate of drug-likeness (QED) is 0.681. The first-order valence-electron chi connectivity index (χ1n) is 8.56. The van der Waals surface area contributed by atoms with Crippen LogP contribution in [0.1, 0.15) is 17.3 Å². The number of amides is 1. The van der Waals surface area contributed by atoms with Crippen molar-refractivity contribution >= 4 is 21.6 Å². The first kappa shape index (κ1) is 18.8. The number of hydrogen-bond acceptors (Lipinski definition) is 3. The number of nitrogens with one attached hydrogen (secondary N) is 2. The maximum atomic E-state index is 12.4. The van der Waals surface area contributed by atoms with Gasteiger partial charge in [-0.25, -0.2) is 13.1 Å². The smallest absolute Gasteiger partial charge is 0.255 e. The Morgan fingerprint density at radius 2 is 1.41 bits per heavy atom. The minimum absolute atomic E-state index is 0.162. The molecule has 3 rings (SSSR count). The van der Waals surface area contributed by atoms with E-state index in [2.05, 4.69) is 10.0 Å². The first-order valence-corrected chi connectivity index (χ1v) is 10.0. The van der Waals surface area contributed by atoms with Gasteiger partial charge in [0.2, 0.25) is 10.0 Å². The zero-order chi connectivity index (χ0) is 19.3. The normalized spacial score (nSPS) is 11.1. The lowest BCUT2D eigenvalue weighted by molar-refractivity contribution is 0.102. The summed E-state index contributed by atoms with van der Waals surface area (Å²) < 4.78 is 26.3. The third kappa shape index (κ3) is 4.61. The van der Waals surface area contributed by atoms with E-state index in [0.717, 1.165) is 11.1 Å². The Morgan fingerprint density at radius 3 is 2.00 bits per heavy atom. The molecule has 27 heavy (non-hydrogen) atoms. The van der Waals surface area contributed by atoms with E-state index in [4.69, 9.17) is 0 Å². The Morgan fingerprint density at radius 1 is 0.815 bits per heavy atom. The molecule has 0 heterocycles. The molecule has 0 bridgehead atoms. The lowest BCUT2D eigenvalue weighted by atomic mass is 10.0. The zero-order valence-corrected chi connectivity index (χ0v) is 15.7. The maximum absolute atomic E-state index is 12.4. The average molecular weight is 380 g/mol. The van der Waals surface area contributed by atoms with Crippen molar-refractivity contribution in [2.75, 3.05) is 11.9 Å². The number of benzene rings is 3. The molecule has 6 heteroatoms. The Bertz CT molecular complexity index is 1010. The Hall–Kier alpha value is -2.96. The molecular weight excluding hydrogens is 360 g/mol. The molecule has 0 saturated heterocycles. The number of anilines is 1. The molecule has 138 valence electrons. The van der Waals surface area contributed by atoms with Crippen molar-refractivity contribution < 1.29 is 13.2 Å². The summed E-state index contributed by atoms with van der Waals surface area (Å²) in [5.74, 6) is -0.253. The fourth-order valence-corrected chi connectivity index (χ4v) is 3.68. The van der Waals surface area contributed by atoms with Crippen molar-refractivity contribution in [3.05, 3.63) is 84.4 Å². The van der Waals surface area contributed by atoms with E-state index in [1.807, 2.05) is 42.5 Å². The molecule has 2 N–H and O–H groups in total. The highest BCUT2D eigenvalue weighted by Crippen LogP contribution is 2.20. The van der Waals surface area contributed by atoms with Crippen LogP contribution in [0.15, 0.2) is 83.8 Å². The van der Waals surface area contributed by atoms with Gasteiger partial charge in [-0.2, -0.15) is 0 Å². The summed E-state index contributed by atoms with van der Waals surface area (Å²) in [5.41, 5.74) is 3.17. The van der Waals surface area contributed by atoms with E-state index in [1.54, 1.807) is 31.2 Å². The molecule has 0 aliphatic heterocycles. The largest absolute Gasteiger partial charge is 0.322 e. The Kier molecular flexibility index (Phi) is 5.69. The summed E-state index contributed by atoms with van der Waals surface area (Å²) in [6.45, 7) is 2.04. The van der Waals surface area contributed by atoms with Gasteiger partial charge in [-0.3, -0.25) is 4.79 Å². The molecule has 3 aromatic carbocycles. The molecule has 0 aromatic heterocycles. The third-order valence-corrected chi connectivity index (χ3v) is 5.57. The summed E-state index contributed by atoms with van der Waals surface area (Å²) >= 11 is 0. The molecule has 5 nitrogen and oxygen atoms in total. The van der Waals surface area contributed by atoms with Gasteiger partial charge < -0.3 is 5.32 Å². The topological polar surface area (TPSA) is 75.3 Å². The van der Waals surface area contributed by atoms with Crippen molar-refractivity contribution in [1.82, 2.24) is 4.72 Å². The SMILES string of the molecule is CCNS(=O)(=O)c1ccc(NC(=O)c2ccc(-c3ccccc3)cc2)cc1. The van der Waals surface area contributed by atoms with Gasteiger partial charge in [0.05, 0.1) is 4.90 Å². The van der Waals surface area contributed by atoms with Gasteiger partial charge in [-0.15, -0.1) is 0 Å².